The van der Waals surface area contributed by atoms with Gasteiger partial charge in [0.25, 0.3) is 0 Å². The molecule has 0 saturated carbocycles. The van der Waals surface area contributed by atoms with E-state index >= 15 is 0 Å². The van der Waals surface area contributed by atoms with Gasteiger partial charge in [-0.25, -0.2) is 4.98 Å². The molecular weight excluding hydrogens is 200 g/mol. The first-order valence-corrected chi connectivity index (χ1v) is 6.63. The van der Waals surface area contributed by atoms with Crippen molar-refractivity contribution < 1.29 is 0 Å². The van der Waals surface area contributed by atoms with Gasteiger partial charge >= 0.3 is 0 Å². The maximum Gasteiger partial charge on any atom is 0.150 e. The first-order chi connectivity index (χ1) is 6.33. The van der Waals surface area contributed by atoms with E-state index in [9.17, 15) is 0 Å². The van der Waals surface area contributed by atoms with E-state index < -0.39 is 0 Å². The minimum absolute atomic E-state index is 0.643. The highest BCUT2D eigenvalue weighted by Gasteiger charge is 2.20. The zero-order valence-corrected chi connectivity index (χ0v) is 9.60. The molecule has 2 heterocycles. The molecule has 0 saturated heterocycles. The summed E-state index contributed by atoms with van der Waals surface area (Å²) in [5.41, 5.74) is 1.33. The lowest BCUT2D eigenvalue weighted by atomic mass is 10.0. The van der Waals surface area contributed by atoms with Gasteiger partial charge in [0.05, 0.1) is 5.69 Å². The van der Waals surface area contributed by atoms with Crippen molar-refractivity contribution in [3.05, 3.63) is 10.6 Å². The molecule has 2 rings (SSSR count). The first kappa shape index (κ1) is 9.49. The minimum Gasteiger partial charge on any atom is -0.309 e. The van der Waals surface area contributed by atoms with E-state index in [4.69, 9.17) is 0 Å². The van der Waals surface area contributed by atoms with Crippen molar-refractivity contribution in [2.24, 2.45) is 0 Å². The molecule has 0 aromatic carbocycles. The van der Waals surface area contributed by atoms with Gasteiger partial charge in [-0.15, -0.1) is 11.3 Å². The molecule has 0 unspecified atom stereocenters. The highest BCUT2D eigenvalue weighted by atomic mass is 32.2. The third-order valence-electron chi connectivity index (χ3n) is 2.42. The number of rotatable bonds is 2. The van der Waals surface area contributed by atoms with E-state index in [-0.39, 0.29) is 0 Å². The number of fused-ring (bicyclic) bond motifs is 1. The molecule has 0 fully saturated rings. The molecule has 1 atom stereocenters. The largest absolute Gasteiger partial charge is 0.309 e. The predicted molar refractivity (Wildman–Crippen MR) is 58.5 cm³/mol. The van der Waals surface area contributed by atoms with Gasteiger partial charge in [-0.3, -0.25) is 0 Å². The summed E-state index contributed by atoms with van der Waals surface area (Å²) in [6, 6.07) is 0.643. The van der Waals surface area contributed by atoms with Crippen LogP contribution < -0.4 is 5.32 Å². The van der Waals surface area contributed by atoms with E-state index in [1.165, 1.54) is 21.3 Å². The highest BCUT2D eigenvalue weighted by molar-refractivity contribution is 8.00. The topological polar surface area (TPSA) is 24.9 Å². The first-order valence-electron chi connectivity index (χ1n) is 4.59. The van der Waals surface area contributed by atoms with Gasteiger partial charge in [0.1, 0.15) is 4.34 Å². The minimum atomic E-state index is 0.643. The quantitative estimate of drug-likeness (QED) is 0.765. The van der Waals surface area contributed by atoms with Crippen molar-refractivity contribution in [3.63, 3.8) is 0 Å². The molecule has 0 amide bonds. The zero-order chi connectivity index (χ0) is 9.26. The maximum atomic E-state index is 4.61. The van der Waals surface area contributed by atoms with Crippen LogP contribution in [0.3, 0.4) is 0 Å². The van der Waals surface area contributed by atoms with Crippen molar-refractivity contribution in [2.45, 2.75) is 36.7 Å². The zero-order valence-electron chi connectivity index (χ0n) is 7.96. The Bertz CT molecular complexity index is 296. The lowest BCUT2D eigenvalue weighted by Crippen LogP contribution is -2.34. The maximum absolute atomic E-state index is 4.61. The van der Waals surface area contributed by atoms with Gasteiger partial charge in [0.15, 0.2) is 0 Å². The number of nitrogens with one attached hydrogen (secondary N) is 1. The lowest BCUT2D eigenvalue weighted by Gasteiger charge is -2.20. The molecule has 0 aliphatic carbocycles. The van der Waals surface area contributed by atoms with Crippen LogP contribution in [0, 0.1) is 0 Å². The molecule has 1 aliphatic heterocycles. The molecule has 72 valence electrons. The van der Waals surface area contributed by atoms with E-state index in [0.717, 1.165) is 13.0 Å². The molecular formula is C9H14N2S2. The van der Waals surface area contributed by atoms with Gasteiger partial charge in [-0.05, 0) is 12.7 Å². The Hall–Kier alpha value is -0.0600. The van der Waals surface area contributed by atoms with Gasteiger partial charge < -0.3 is 5.32 Å². The van der Waals surface area contributed by atoms with Crippen molar-refractivity contribution >= 4 is 23.1 Å². The Morgan fingerprint density at radius 1 is 1.69 bits per heavy atom. The number of thiazole rings is 1. The number of thioether (sulfide) groups is 1. The lowest BCUT2D eigenvalue weighted by molar-refractivity contribution is 0.466. The second kappa shape index (κ2) is 3.98. The standard InChI is InChI=1S/C9H14N2S2/c1-3-6-4-7-8(5-10-6)13-9(11-7)12-2/h6,10H,3-5H2,1-2H3/t6-/m0/s1. The fraction of sp³-hybridized carbons (Fsp3) is 0.667. The fourth-order valence-electron chi connectivity index (χ4n) is 1.58. The number of nitrogens with zero attached hydrogens (tertiary/aromatic N) is 1. The third kappa shape index (κ3) is 1.90. The van der Waals surface area contributed by atoms with Crippen molar-refractivity contribution in [2.75, 3.05) is 6.26 Å². The Kier molecular flexibility index (Phi) is 2.91. The van der Waals surface area contributed by atoms with Gasteiger partial charge in [-0.2, -0.15) is 0 Å². The van der Waals surface area contributed by atoms with Crippen molar-refractivity contribution in [1.82, 2.24) is 10.3 Å². The van der Waals surface area contributed by atoms with E-state index in [1.54, 1.807) is 11.8 Å². The van der Waals surface area contributed by atoms with Gasteiger partial charge in [-0.1, -0.05) is 18.7 Å². The Labute approximate surface area is 87.1 Å². The summed E-state index contributed by atoms with van der Waals surface area (Å²) >= 11 is 3.59. The number of hydrogen-bond acceptors (Lipinski definition) is 4. The van der Waals surface area contributed by atoms with Crippen LogP contribution in [0.2, 0.25) is 0 Å². The average Bonchev–Trinajstić information content (AvgIpc) is 2.58. The van der Waals surface area contributed by atoms with E-state index in [2.05, 4.69) is 23.5 Å². The molecule has 2 nitrogen and oxygen atoms in total. The van der Waals surface area contributed by atoms with Crippen LogP contribution >= 0.6 is 23.1 Å². The molecule has 1 N–H and O–H groups in total. The summed E-state index contributed by atoms with van der Waals surface area (Å²) in [5, 5.41) is 3.52. The van der Waals surface area contributed by atoms with Gasteiger partial charge in [0.2, 0.25) is 0 Å². The van der Waals surface area contributed by atoms with Crippen molar-refractivity contribution in [1.29, 1.82) is 0 Å². The van der Waals surface area contributed by atoms with Crippen LogP contribution in [0.15, 0.2) is 4.34 Å². The molecule has 0 bridgehead atoms. The normalized spacial score (nSPS) is 21.5. The second-order valence-corrected chi connectivity index (χ2v) is 5.38. The smallest absolute Gasteiger partial charge is 0.150 e. The molecule has 0 spiro atoms. The second-order valence-electron chi connectivity index (χ2n) is 3.24. The van der Waals surface area contributed by atoms with E-state index in [0.29, 0.717) is 6.04 Å². The Balaban J connectivity index is 2.19. The number of aromatic nitrogens is 1. The van der Waals surface area contributed by atoms with Crippen LogP contribution in [0.5, 0.6) is 0 Å². The molecule has 13 heavy (non-hydrogen) atoms. The Morgan fingerprint density at radius 3 is 3.23 bits per heavy atom. The molecule has 1 aromatic rings. The fourth-order valence-corrected chi connectivity index (χ4v) is 3.18. The molecule has 0 radical (unpaired) electrons. The SMILES string of the molecule is CC[C@H]1Cc2nc(SC)sc2CN1. The van der Waals surface area contributed by atoms with Gasteiger partial charge in [0, 0.05) is 23.9 Å². The summed E-state index contributed by atoms with van der Waals surface area (Å²) in [7, 11) is 0. The summed E-state index contributed by atoms with van der Waals surface area (Å²) in [6.07, 6.45) is 4.41. The predicted octanol–water partition coefficient (Wildman–Crippen LogP) is 2.29. The summed E-state index contributed by atoms with van der Waals surface area (Å²) < 4.78 is 1.21. The highest BCUT2D eigenvalue weighted by Crippen LogP contribution is 2.28. The van der Waals surface area contributed by atoms with Crippen LogP contribution in [0.4, 0.5) is 0 Å². The molecule has 1 aromatic heterocycles. The Morgan fingerprint density at radius 2 is 2.54 bits per heavy atom. The summed E-state index contributed by atoms with van der Waals surface area (Å²) in [6.45, 7) is 3.25. The average molecular weight is 214 g/mol. The molecule has 1 aliphatic rings. The van der Waals surface area contributed by atoms with Crippen LogP contribution in [-0.2, 0) is 13.0 Å². The monoisotopic (exact) mass is 214 g/mol. The summed E-state index contributed by atoms with van der Waals surface area (Å²) in [5.74, 6) is 0. The van der Waals surface area contributed by atoms with Crippen LogP contribution in [0.1, 0.15) is 23.9 Å². The summed E-state index contributed by atoms with van der Waals surface area (Å²) in [4.78, 5) is 6.05. The number of hydrogen-bond donors (Lipinski definition) is 1. The third-order valence-corrected chi connectivity index (χ3v) is 4.50. The van der Waals surface area contributed by atoms with Crippen molar-refractivity contribution in [3.8, 4) is 0 Å². The van der Waals surface area contributed by atoms with Crippen LogP contribution in [-0.4, -0.2) is 17.3 Å². The molecule has 4 heteroatoms. The van der Waals surface area contributed by atoms with Crippen LogP contribution in [0.25, 0.3) is 0 Å². The van der Waals surface area contributed by atoms with E-state index in [1.807, 2.05) is 11.3 Å².